The average molecular weight is 409 g/mol. The first-order valence-electron chi connectivity index (χ1n) is 8.89. The Kier molecular flexibility index (Phi) is 6.23. The van der Waals surface area contributed by atoms with Gasteiger partial charge in [-0.1, -0.05) is 24.2 Å². The number of hydrogen-bond acceptors (Lipinski definition) is 5. The fourth-order valence-corrected chi connectivity index (χ4v) is 5.48. The number of benzene rings is 1. The van der Waals surface area contributed by atoms with Gasteiger partial charge in [0, 0.05) is 32.5 Å². The molecule has 1 aliphatic rings. The molecule has 7 nitrogen and oxygen atoms in total. The molecule has 2 aromatic rings. The van der Waals surface area contributed by atoms with E-state index in [9.17, 15) is 13.2 Å². The Bertz CT molecular complexity index is 918. The highest BCUT2D eigenvalue weighted by Gasteiger charge is 2.28. The first-order chi connectivity index (χ1) is 12.9. The summed E-state index contributed by atoms with van der Waals surface area (Å²) in [4.78, 5) is 16.7. The third kappa shape index (κ3) is 4.72. The molecule has 1 aromatic carbocycles. The third-order valence-corrected chi connectivity index (χ3v) is 7.45. The minimum Gasteiger partial charge on any atom is -0.329 e. The van der Waals surface area contributed by atoms with Crippen LogP contribution in [0.3, 0.4) is 0 Å². The van der Waals surface area contributed by atoms with Gasteiger partial charge in [-0.05, 0) is 37.5 Å². The van der Waals surface area contributed by atoms with Crippen LogP contribution in [0.5, 0.6) is 0 Å². The number of aryl methyl sites for hydroxylation is 2. The van der Waals surface area contributed by atoms with E-state index >= 15 is 0 Å². The van der Waals surface area contributed by atoms with Gasteiger partial charge in [0.25, 0.3) is 0 Å². The Labute approximate surface area is 164 Å². The van der Waals surface area contributed by atoms with Gasteiger partial charge in [0.15, 0.2) is 5.16 Å². The van der Waals surface area contributed by atoms with Crippen LogP contribution < -0.4 is 5.32 Å². The fraction of sp³-hybridized carbons (Fsp3) is 0.444. The van der Waals surface area contributed by atoms with Crippen LogP contribution in [0.25, 0.3) is 0 Å². The van der Waals surface area contributed by atoms with Crippen LogP contribution in [0.4, 0.5) is 5.69 Å². The maximum absolute atomic E-state index is 13.1. The highest BCUT2D eigenvalue weighted by Crippen LogP contribution is 2.28. The maximum Gasteiger partial charge on any atom is 0.245 e. The standard InChI is InChI=1S/C18H24N4O3S2/c1-14-6-7-15(20-17(23)13-26-18-19-8-11-21(18)2)16(12-14)27(24,25)22-9-4-3-5-10-22/h6-8,11-12H,3-5,9-10,13H2,1-2H3,(H,20,23). The van der Waals surface area contributed by atoms with Crippen LogP contribution in [0.1, 0.15) is 24.8 Å². The van der Waals surface area contributed by atoms with Gasteiger partial charge in [-0.25, -0.2) is 13.4 Å². The van der Waals surface area contributed by atoms with E-state index in [-0.39, 0.29) is 16.6 Å². The molecule has 0 atom stereocenters. The Balaban J connectivity index is 1.77. The van der Waals surface area contributed by atoms with Crippen LogP contribution in [0.2, 0.25) is 0 Å². The average Bonchev–Trinajstić information content (AvgIpc) is 3.07. The summed E-state index contributed by atoms with van der Waals surface area (Å²) < 4.78 is 29.5. The summed E-state index contributed by atoms with van der Waals surface area (Å²) >= 11 is 1.31. The van der Waals surface area contributed by atoms with Gasteiger partial charge in [0.1, 0.15) is 4.90 Å². The lowest BCUT2D eigenvalue weighted by Crippen LogP contribution is -2.36. The van der Waals surface area contributed by atoms with Crippen LogP contribution in [-0.4, -0.2) is 47.0 Å². The number of sulfonamides is 1. The van der Waals surface area contributed by atoms with Crippen molar-refractivity contribution in [2.75, 3.05) is 24.2 Å². The molecule has 9 heteroatoms. The minimum atomic E-state index is -3.63. The van der Waals surface area contributed by atoms with Crippen molar-refractivity contribution < 1.29 is 13.2 Å². The van der Waals surface area contributed by atoms with Gasteiger partial charge in [0.2, 0.25) is 15.9 Å². The normalized spacial score (nSPS) is 15.6. The number of nitrogens with zero attached hydrogens (tertiary/aromatic N) is 3. The lowest BCUT2D eigenvalue weighted by Gasteiger charge is -2.27. The molecular weight excluding hydrogens is 384 g/mol. The first kappa shape index (κ1) is 19.9. The van der Waals surface area contributed by atoms with Gasteiger partial charge in [0.05, 0.1) is 11.4 Å². The van der Waals surface area contributed by atoms with Gasteiger partial charge < -0.3 is 9.88 Å². The van der Waals surface area contributed by atoms with Crippen molar-refractivity contribution in [1.82, 2.24) is 13.9 Å². The monoisotopic (exact) mass is 408 g/mol. The Morgan fingerprint density at radius 3 is 2.67 bits per heavy atom. The summed E-state index contributed by atoms with van der Waals surface area (Å²) in [6, 6.07) is 5.09. The second kappa shape index (κ2) is 8.45. The molecule has 1 N–H and O–H groups in total. The Hall–Kier alpha value is -1.84. The van der Waals surface area contributed by atoms with E-state index < -0.39 is 10.0 Å². The van der Waals surface area contributed by atoms with E-state index in [1.165, 1.54) is 16.1 Å². The summed E-state index contributed by atoms with van der Waals surface area (Å²) in [6.45, 7) is 2.90. The largest absolute Gasteiger partial charge is 0.329 e. The van der Waals surface area contributed by atoms with E-state index in [0.717, 1.165) is 30.0 Å². The molecule has 1 saturated heterocycles. The van der Waals surface area contributed by atoms with E-state index in [2.05, 4.69) is 10.3 Å². The molecule has 0 unspecified atom stereocenters. The molecule has 0 bridgehead atoms. The van der Waals surface area contributed by atoms with Crippen molar-refractivity contribution in [3.63, 3.8) is 0 Å². The lowest BCUT2D eigenvalue weighted by molar-refractivity contribution is -0.113. The van der Waals surface area contributed by atoms with Gasteiger partial charge in [-0.2, -0.15) is 4.31 Å². The predicted octanol–water partition coefficient (Wildman–Crippen LogP) is 2.63. The lowest BCUT2D eigenvalue weighted by atomic mass is 10.2. The predicted molar refractivity (Wildman–Crippen MR) is 106 cm³/mol. The van der Waals surface area contributed by atoms with Crippen molar-refractivity contribution in [2.45, 2.75) is 36.2 Å². The molecule has 0 saturated carbocycles. The molecule has 0 aliphatic carbocycles. The van der Waals surface area contributed by atoms with Gasteiger partial charge in [-0.3, -0.25) is 4.79 Å². The Morgan fingerprint density at radius 2 is 2.00 bits per heavy atom. The number of amides is 1. The molecule has 0 radical (unpaired) electrons. The number of carbonyl (C=O) groups is 1. The number of nitrogens with one attached hydrogen (secondary N) is 1. The van der Waals surface area contributed by atoms with E-state index in [1.807, 2.05) is 24.7 Å². The van der Waals surface area contributed by atoms with E-state index in [4.69, 9.17) is 0 Å². The molecule has 27 heavy (non-hydrogen) atoms. The quantitative estimate of drug-likeness (QED) is 0.743. The first-order valence-corrected chi connectivity index (χ1v) is 11.3. The SMILES string of the molecule is Cc1ccc(NC(=O)CSc2nccn2C)c(S(=O)(=O)N2CCCCC2)c1. The number of hydrogen-bond donors (Lipinski definition) is 1. The highest BCUT2D eigenvalue weighted by molar-refractivity contribution is 7.99. The number of aromatic nitrogens is 2. The van der Waals surface area contributed by atoms with Crippen LogP contribution >= 0.6 is 11.8 Å². The van der Waals surface area contributed by atoms with Crippen molar-refractivity contribution >= 4 is 33.4 Å². The summed E-state index contributed by atoms with van der Waals surface area (Å²) in [6.07, 6.45) is 6.26. The van der Waals surface area contributed by atoms with Crippen molar-refractivity contribution in [2.24, 2.45) is 7.05 Å². The molecule has 1 amide bonds. The second-order valence-electron chi connectivity index (χ2n) is 6.62. The van der Waals surface area contributed by atoms with Crippen LogP contribution in [-0.2, 0) is 21.9 Å². The molecule has 1 fully saturated rings. The Morgan fingerprint density at radius 1 is 1.26 bits per heavy atom. The zero-order chi connectivity index (χ0) is 19.4. The summed E-state index contributed by atoms with van der Waals surface area (Å²) in [5.41, 5.74) is 1.17. The number of rotatable bonds is 6. The van der Waals surface area contributed by atoms with Crippen molar-refractivity contribution in [3.05, 3.63) is 36.2 Å². The van der Waals surface area contributed by atoms with E-state index in [0.29, 0.717) is 18.8 Å². The number of carbonyl (C=O) groups excluding carboxylic acids is 1. The van der Waals surface area contributed by atoms with Crippen molar-refractivity contribution in [3.8, 4) is 0 Å². The zero-order valence-corrected chi connectivity index (χ0v) is 17.1. The van der Waals surface area contributed by atoms with Crippen LogP contribution in [0, 0.1) is 6.92 Å². The summed E-state index contributed by atoms with van der Waals surface area (Å²) in [5, 5.41) is 3.49. The van der Waals surface area contributed by atoms with Gasteiger partial charge >= 0.3 is 0 Å². The molecule has 1 aromatic heterocycles. The fourth-order valence-electron chi connectivity index (χ4n) is 3.00. The topological polar surface area (TPSA) is 84.3 Å². The van der Waals surface area contributed by atoms with Crippen molar-refractivity contribution in [1.29, 1.82) is 0 Å². The summed E-state index contributed by atoms with van der Waals surface area (Å²) in [5.74, 6) is -0.107. The molecular formula is C18H24N4O3S2. The summed E-state index contributed by atoms with van der Waals surface area (Å²) in [7, 11) is -1.77. The molecule has 0 spiro atoms. The smallest absolute Gasteiger partial charge is 0.245 e. The van der Waals surface area contributed by atoms with Gasteiger partial charge in [-0.15, -0.1) is 0 Å². The number of anilines is 1. The number of imidazole rings is 1. The molecule has 2 heterocycles. The minimum absolute atomic E-state index is 0.155. The van der Waals surface area contributed by atoms with Crippen LogP contribution in [0.15, 0.2) is 40.6 Å². The molecule has 1 aliphatic heterocycles. The molecule has 3 rings (SSSR count). The second-order valence-corrected chi connectivity index (χ2v) is 9.47. The number of thioether (sulfide) groups is 1. The highest BCUT2D eigenvalue weighted by atomic mass is 32.2. The number of piperidine rings is 1. The van der Waals surface area contributed by atoms with E-state index in [1.54, 1.807) is 24.4 Å². The zero-order valence-electron chi connectivity index (χ0n) is 15.5. The maximum atomic E-state index is 13.1. The molecule has 146 valence electrons. The third-order valence-electron chi connectivity index (χ3n) is 4.45.